The van der Waals surface area contributed by atoms with Crippen LogP contribution in [0.4, 0.5) is 0 Å². The van der Waals surface area contributed by atoms with Crippen LogP contribution in [0.25, 0.3) is 0 Å². The van der Waals surface area contributed by atoms with E-state index in [0.717, 1.165) is 11.1 Å². The lowest BCUT2D eigenvalue weighted by Gasteiger charge is -2.11. The molecule has 0 fully saturated rings. The fourth-order valence-electron chi connectivity index (χ4n) is 1.71. The highest BCUT2D eigenvalue weighted by atomic mass is 35.5. The van der Waals surface area contributed by atoms with Gasteiger partial charge in [-0.25, -0.2) is 0 Å². The minimum atomic E-state index is -0.430. The summed E-state index contributed by atoms with van der Waals surface area (Å²) in [4.78, 5) is 0. The maximum absolute atomic E-state index is 9.99. The number of aliphatic hydroxyl groups excluding tert-OH is 1. The highest BCUT2D eigenvalue weighted by Crippen LogP contribution is 2.26. The number of aliphatic hydroxyl groups is 1. The molecule has 1 aromatic carbocycles. The van der Waals surface area contributed by atoms with Gasteiger partial charge < -0.3 is 5.11 Å². The van der Waals surface area contributed by atoms with E-state index in [1.165, 1.54) is 0 Å². The van der Waals surface area contributed by atoms with Gasteiger partial charge in [0.25, 0.3) is 0 Å². The molecule has 0 saturated carbocycles. The van der Waals surface area contributed by atoms with Crippen molar-refractivity contribution in [3.63, 3.8) is 0 Å². The average Bonchev–Trinajstić information content (AvgIpc) is 2.77. The second-order valence-electron chi connectivity index (χ2n) is 3.91. The molecule has 1 heterocycles. The van der Waals surface area contributed by atoms with Gasteiger partial charge in [0.2, 0.25) is 0 Å². The molecule has 0 saturated heterocycles. The lowest BCUT2D eigenvalue weighted by atomic mass is 10.0. The molecular formula is C13H12Cl2OS. The predicted molar refractivity (Wildman–Crippen MR) is 74.2 cm³/mol. The third-order valence-corrected chi connectivity index (χ3v) is 4.13. The van der Waals surface area contributed by atoms with Crippen molar-refractivity contribution in [2.45, 2.75) is 18.9 Å². The maximum atomic E-state index is 9.99. The van der Waals surface area contributed by atoms with Crippen molar-refractivity contribution in [2.75, 3.05) is 0 Å². The fraction of sp³-hybridized carbons (Fsp3) is 0.231. The van der Waals surface area contributed by atoms with E-state index < -0.39 is 6.10 Å². The van der Waals surface area contributed by atoms with Gasteiger partial charge in [0, 0.05) is 6.42 Å². The van der Waals surface area contributed by atoms with E-state index in [-0.39, 0.29) is 0 Å². The highest BCUT2D eigenvalue weighted by molar-refractivity contribution is 7.07. The Morgan fingerprint density at radius 2 is 2.00 bits per heavy atom. The summed E-state index contributed by atoms with van der Waals surface area (Å²) >= 11 is 13.6. The number of thiophene rings is 1. The van der Waals surface area contributed by atoms with Crippen LogP contribution in [0.5, 0.6) is 0 Å². The van der Waals surface area contributed by atoms with Gasteiger partial charge in [-0.3, -0.25) is 0 Å². The number of hydrogen-bond acceptors (Lipinski definition) is 2. The summed E-state index contributed by atoms with van der Waals surface area (Å²) in [5.74, 6) is 0. The molecule has 1 aromatic heterocycles. The van der Waals surface area contributed by atoms with Crippen molar-refractivity contribution in [3.05, 3.63) is 56.2 Å². The van der Waals surface area contributed by atoms with E-state index >= 15 is 0 Å². The molecule has 1 unspecified atom stereocenters. The van der Waals surface area contributed by atoms with Crippen molar-refractivity contribution in [1.82, 2.24) is 0 Å². The molecule has 17 heavy (non-hydrogen) atoms. The summed E-state index contributed by atoms with van der Waals surface area (Å²) in [6.07, 6.45) is 0.738. The largest absolute Gasteiger partial charge is 0.392 e. The first-order valence-corrected chi connectivity index (χ1v) is 6.98. The normalized spacial score (nSPS) is 12.6. The quantitative estimate of drug-likeness (QED) is 0.893. The topological polar surface area (TPSA) is 20.2 Å². The third kappa shape index (κ3) is 3.46. The average molecular weight is 287 g/mol. The van der Waals surface area contributed by atoms with Crippen molar-refractivity contribution in [3.8, 4) is 0 Å². The number of hydrogen-bond donors (Lipinski definition) is 1. The molecule has 1 N–H and O–H groups in total. The Labute approximate surface area is 115 Å². The molecular weight excluding hydrogens is 275 g/mol. The van der Waals surface area contributed by atoms with Gasteiger partial charge in [-0.1, -0.05) is 35.3 Å². The Morgan fingerprint density at radius 1 is 1.18 bits per heavy atom. The molecule has 0 spiro atoms. The molecule has 0 aliphatic rings. The lowest BCUT2D eigenvalue weighted by molar-refractivity contribution is 0.175. The van der Waals surface area contributed by atoms with Crippen molar-refractivity contribution < 1.29 is 5.11 Å². The summed E-state index contributed by atoms with van der Waals surface area (Å²) < 4.78 is 0. The molecule has 2 rings (SSSR count). The smallest absolute Gasteiger partial charge is 0.0625 e. The SMILES string of the molecule is OC(Cc1ccsc1)Cc1cccc(Cl)c1Cl. The summed E-state index contributed by atoms with van der Waals surface area (Å²) in [6.45, 7) is 0. The van der Waals surface area contributed by atoms with Crippen LogP contribution in [0.3, 0.4) is 0 Å². The van der Waals surface area contributed by atoms with Gasteiger partial charge in [0.15, 0.2) is 0 Å². The van der Waals surface area contributed by atoms with E-state index in [1.807, 2.05) is 29.0 Å². The first-order valence-electron chi connectivity index (χ1n) is 5.29. The predicted octanol–water partition coefficient (Wildman–Crippen LogP) is 4.20. The molecule has 1 nitrogen and oxygen atoms in total. The Kier molecular flexibility index (Phi) is 4.46. The zero-order chi connectivity index (χ0) is 12.3. The molecule has 0 aliphatic carbocycles. The molecule has 0 bridgehead atoms. The molecule has 2 aromatic rings. The van der Waals surface area contributed by atoms with Gasteiger partial charge in [-0.15, -0.1) is 0 Å². The monoisotopic (exact) mass is 286 g/mol. The Bertz CT molecular complexity index is 482. The van der Waals surface area contributed by atoms with Crippen LogP contribution in [-0.2, 0) is 12.8 Å². The van der Waals surface area contributed by atoms with Crippen LogP contribution in [0.15, 0.2) is 35.0 Å². The summed E-state index contributed by atoms with van der Waals surface area (Å²) in [6, 6.07) is 7.51. The maximum Gasteiger partial charge on any atom is 0.0625 e. The first kappa shape index (κ1) is 12.9. The van der Waals surface area contributed by atoms with Gasteiger partial charge in [0.05, 0.1) is 16.1 Å². The van der Waals surface area contributed by atoms with E-state index in [4.69, 9.17) is 23.2 Å². The Morgan fingerprint density at radius 3 is 2.71 bits per heavy atom. The number of halogens is 2. The Hall–Kier alpha value is -0.540. The lowest BCUT2D eigenvalue weighted by Crippen LogP contribution is -2.13. The van der Waals surface area contributed by atoms with Crippen LogP contribution in [0.1, 0.15) is 11.1 Å². The number of benzene rings is 1. The zero-order valence-corrected chi connectivity index (χ0v) is 11.4. The fourth-order valence-corrected chi connectivity index (χ4v) is 2.79. The van der Waals surface area contributed by atoms with Gasteiger partial charge in [-0.2, -0.15) is 11.3 Å². The summed E-state index contributed by atoms with van der Waals surface area (Å²) in [7, 11) is 0. The highest BCUT2D eigenvalue weighted by Gasteiger charge is 2.11. The van der Waals surface area contributed by atoms with Crippen molar-refractivity contribution in [1.29, 1.82) is 0 Å². The first-order chi connectivity index (χ1) is 8.16. The van der Waals surface area contributed by atoms with E-state index in [9.17, 15) is 5.11 Å². The molecule has 0 amide bonds. The summed E-state index contributed by atoms with van der Waals surface area (Å²) in [5, 5.41) is 15.1. The molecule has 90 valence electrons. The van der Waals surface area contributed by atoms with Crippen molar-refractivity contribution in [2.24, 2.45) is 0 Å². The summed E-state index contributed by atoms with van der Waals surface area (Å²) in [5.41, 5.74) is 2.04. The van der Waals surface area contributed by atoms with Gasteiger partial charge >= 0.3 is 0 Å². The van der Waals surface area contributed by atoms with Crippen LogP contribution < -0.4 is 0 Å². The van der Waals surface area contributed by atoms with Crippen LogP contribution in [-0.4, -0.2) is 11.2 Å². The van der Waals surface area contributed by atoms with Crippen LogP contribution in [0.2, 0.25) is 10.0 Å². The molecule has 1 atom stereocenters. The van der Waals surface area contributed by atoms with E-state index in [2.05, 4.69) is 0 Å². The van der Waals surface area contributed by atoms with Crippen LogP contribution in [0, 0.1) is 0 Å². The second-order valence-corrected chi connectivity index (χ2v) is 5.47. The zero-order valence-electron chi connectivity index (χ0n) is 9.07. The standard InChI is InChI=1S/C13H12Cl2OS/c14-12-3-1-2-10(13(12)15)7-11(16)6-9-4-5-17-8-9/h1-5,8,11,16H,6-7H2. The van der Waals surface area contributed by atoms with Crippen molar-refractivity contribution >= 4 is 34.5 Å². The van der Waals surface area contributed by atoms with E-state index in [1.54, 1.807) is 17.4 Å². The van der Waals surface area contributed by atoms with Gasteiger partial charge in [0.1, 0.15) is 0 Å². The third-order valence-electron chi connectivity index (χ3n) is 2.54. The van der Waals surface area contributed by atoms with Crippen LogP contribution >= 0.6 is 34.5 Å². The minimum Gasteiger partial charge on any atom is -0.392 e. The van der Waals surface area contributed by atoms with Gasteiger partial charge in [-0.05, 0) is 40.4 Å². The molecule has 4 heteroatoms. The molecule has 0 radical (unpaired) electrons. The number of rotatable bonds is 4. The minimum absolute atomic E-state index is 0.430. The van der Waals surface area contributed by atoms with E-state index in [0.29, 0.717) is 22.9 Å². The Balaban J connectivity index is 2.03. The molecule has 0 aliphatic heterocycles. The second kappa shape index (κ2) is 5.87.